The summed E-state index contributed by atoms with van der Waals surface area (Å²) in [7, 11) is 1.98. The van der Waals surface area contributed by atoms with Crippen LogP contribution in [0.2, 0.25) is 0 Å². The molecule has 0 bridgehead atoms. The highest BCUT2D eigenvalue weighted by molar-refractivity contribution is 5.81. The van der Waals surface area contributed by atoms with Crippen molar-refractivity contribution in [1.29, 1.82) is 0 Å². The van der Waals surface area contributed by atoms with Crippen LogP contribution in [-0.4, -0.2) is 30.6 Å². The van der Waals surface area contributed by atoms with Crippen molar-refractivity contribution in [3.63, 3.8) is 0 Å². The summed E-state index contributed by atoms with van der Waals surface area (Å²) in [5.74, 6) is 0.259. The van der Waals surface area contributed by atoms with Crippen LogP contribution in [0.1, 0.15) is 81.6 Å². The summed E-state index contributed by atoms with van der Waals surface area (Å²) < 4.78 is 6.15. The Labute approximate surface area is 138 Å². The summed E-state index contributed by atoms with van der Waals surface area (Å²) in [6.45, 7) is 19.7. The highest BCUT2D eigenvalue weighted by atomic mass is 16.5. The van der Waals surface area contributed by atoms with Crippen LogP contribution in [0, 0.1) is 10.8 Å². The van der Waals surface area contributed by atoms with Gasteiger partial charge in [-0.15, -0.1) is 0 Å². The lowest BCUT2D eigenvalue weighted by molar-refractivity contribution is -0.127. The SMILES string of the molecule is CNC(C)(C)CCOC(C)(C)CC(C)(C)CC(C)(C)C(C)=O. The van der Waals surface area contributed by atoms with Crippen molar-refractivity contribution >= 4 is 5.78 Å². The molecule has 0 atom stereocenters. The van der Waals surface area contributed by atoms with Gasteiger partial charge in [-0.1, -0.05) is 27.7 Å². The smallest absolute Gasteiger partial charge is 0.135 e. The van der Waals surface area contributed by atoms with E-state index in [2.05, 4.69) is 46.9 Å². The molecule has 132 valence electrons. The fourth-order valence-corrected chi connectivity index (χ4v) is 3.29. The van der Waals surface area contributed by atoms with E-state index in [1.807, 2.05) is 20.9 Å². The van der Waals surface area contributed by atoms with Gasteiger partial charge in [0.25, 0.3) is 0 Å². The second-order valence-corrected chi connectivity index (χ2v) is 9.45. The summed E-state index contributed by atoms with van der Waals surface area (Å²) >= 11 is 0. The molecule has 0 saturated carbocycles. The largest absolute Gasteiger partial charge is 0.375 e. The fourth-order valence-electron chi connectivity index (χ4n) is 3.29. The topological polar surface area (TPSA) is 38.3 Å². The maximum Gasteiger partial charge on any atom is 0.135 e. The number of ether oxygens (including phenoxy) is 1. The molecule has 3 heteroatoms. The molecule has 0 rings (SSSR count). The number of carbonyl (C=O) groups excluding carboxylic acids is 1. The number of Topliss-reactive ketones (excluding diaryl/α,β-unsaturated/α-hetero) is 1. The number of rotatable bonds is 10. The van der Waals surface area contributed by atoms with Crippen molar-refractivity contribution in [3.05, 3.63) is 0 Å². The van der Waals surface area contributed by atoms with Gasteiger partial charge in [0.1, 0.15) is 5.78 Å². The molecule has 1 N–H and O–H groups in total. The van der Waals surface area contributed by atoms with Gasteiger partial charge in [0.15, 0.2) is 0 Å². The predicted molar refractivity (Wildman–Crippen MR) is 95.3 cm³/mol. The summed E-state index contributed by atoms with van der Waals surface area (Å²) in [6, 6.07) is 0. The van der Waals surface area contributed by atoms with E-state index in [0.717, 1.165) is 25.9 Å². The van der Waals surface area contributed by atoms with Crippen LogP contribution >= 0.6 is 0 Å². The molecular weight excluding hydrogens is 274 g/mol. The molecule has 0 unspecified atom stereocenters. The Morgan fingerprint density at radius 3 is 1.86 bits per heavy atom. The summed E-state index contributed by atoms with van der Waals surface area (Å²) in [6.07, 6.45) is 2.80. The van der Waals surface area contributed by atoms with Crippen molar-refractivity contribution < 1.29 is 9.53 Å². The highest BCUT2D eigenvalue weighted by Crippen LogP contribution is 2.40. The van der Waals surface area contributed by atoms with Crippen LogP contribution in [0.15, 0.2) is 0 Å². The molecule has 0 aromatic heterocycles. The molecule has 0 fully saturated rings. The van der Waals surface area contributed by atoms with Gasteiger partial charge in [0.05, 0.1) is 5.60 Å². The monoisotopic (exact) mass is 313 g/mol. The Balaban J connectivity index is 4.59. The molecule has 0 heterocycles. The molecule has 22 heavy (non-hydrogen) atoms. The van der Waals surface area contributed by atoms with Crippen molar-refractivity contribution in [2.75, 3.05) is 13.7 Å². The molecule has 0 aromatic carbocycles. The molecule has 0 aliphatic carbocycles. The second kappa shape index (κ2) is 7.44. The first-order chi connectivity index (χ1) is 9.63. The molecule has 0 spiro atoms. The zero-order valence-electron chi connectivity index (χ0n) is 16.6. The Morgan fingerprint density at radius 1 is 0.955 bits per heavy atom. The Morgan fingerprint density at radius 2 is 1.45 bits per heavy atom. The first kappa shape index (κ1) is 21.6. The van der Waals surface area contributed by atoms with Crippen LogP contribution in [0.25, 0.3) is 0 Å². The third-order valence-electron chi connectivity index (χ3n) is 4.67. The van der Waals surface area contributed by atoms with Crippen LogP contribution in [0.5, 0.6) is 0 Å². The minimum atomic E-state index is -0.270. The van der Waals surface area contributed by atoms with Crippen molar-refractivity contribution in [1.82, 2.24) is 5.32 Å². The number of hydrogen-bond acceptors (Lipinski definition) is 3. The first-order valence-corrected chi connectivity index (χ1v) is 8.46. The van der Waals surface area contributed by atoms with Gasteiger partial charge in [-0.25, -0.2) is 0 Å². The third-order valence-corrected chi connectivity index (χ3v) is 4.67. The Bertz CT molecular complexity index is 368. The van der Waals surface area contributed by atoms with Crippen molar-refractivity contribution in [2.45, 2.75) is 92.7 Å². The normalized spacial score (nSPS) is 14.3. The lowest BCUT2D eigenvalue weighted by Crippen LogP contribution is -2.40. The molecule has 0 aromatic rings. The van der Waals surface area contributed by atoms with E-state index in [9.17, 15) is 4.79 Å². The second-order valence-electron chi connectivity index (χ2n) is 9.45. The summed E-state index contributed by atoms with van der Waals surface area (Å²) in [5.41, 5.74) is -0.284. The minimum absolute atomic E-state index is 0.0667. The Hall–Kier alpha value is -0.410. The number of nitrogens with one attached hydrogen (secondary N) is 1. The van der Waals surface area contributed by atoms with Crippen LogP contribution in [-0.2, 0) is 9.53 Å². The van der Waals surface area contributed by atoms with E-state index in [0.29, 0.717) is 0 Å². The van der Waals surface area contributed by atoms with Gasteiger partial charge in [-0.3, -0.25) is 4.79 Å². The molecular formula is C19H39NO2. The van der Waals surface area contributed by atoms with Crippen LogP contribution < -0.4 is 5.32 Å². The zero-order chi connectivity index (χ0) is 17.8. The van der Waals surface area contributed by atoms with E-state index < -0.39 is 0 Å². The van der Waals surface area contributed by atoms with Crippen molar-refractivity contribution in [2.24, 2.45) is 10.8 Å². The summed E-state index contributed by atoms with van der Waals surface area (Å²) in [4.78, 5) is 11.8. The molecule has 0 radical (unpaired) electrons. The quantitative estimate of drug-likeness (QED) is 0.641. The maximum atomic E-state index is 11.8. The standard InChI is InChI=1S/C19H39NO2/c1-15(21)17(4,5)13-16(2,3)14-19(8,9)22-12-11-18(6,7)20-10/h20H,11-14H2,1-10H3. The lowest BCUT2D eigenvalue weighted by atomic mass is 9.69. The van der Waals surface area contributed by atoms with Crippen molar-refractivity contribution in [3.8, 4) is 0 Å². The molecule has 0 amide bonds. The van der Waals surface area contributed by atoms with Gasteiger partial charge in [-0.2, -0.15) is 0 Å². The molecule has 3 nitrogen and oxygen atoms in total. The number of hydrogen-bond donors (Lipinski definition) is 1. The maximum absolute atomic E-state index is 11.8. The average Bonchev–Trinajstić information content (AvgIpc) is 2.24. The zero-order valence-corrected chi connectivity index (χ0v) is 16.6. The third kappa shape index (κ3) is 8.28. The Kier molecular flexibility index (Phi) is 7.30. The van der Waals surface area contributed by atoms with Gasteiger partial charge < -0.3 is 10.1 Å². The first-order valence-electron chi connectivity index (χ1n) is 8.46. The molecule has 0 aliphatic rings. The van der Waals surface area contributed by atoms with Gasteiger partial charge >= 0.3 is 0 Å². The average molecular weight is 314 g/mol. The minimum Gasteiger partial charge on any atom is -0.375 e. The predicted octanol–water partition coefficient (Wildman–Crippen LogP) is 4.59. The van der Waals surface area contributed by atoms with Gasteiger partial charge in [0, 0.05) is 17.6 Å². The van der Waals surface area contributed by atoms with E-state index in [1.165, 1.54) is 0 Å². The van der Waals surface area contributed by atoms with E-state index in [4.69, 9.17) is 4.74 Å². The number of ketones is 1. The summed E-state index contributed by atoms with van der Waals surface area (Å²) in [5, 5.41) is 3.30. The van der Waals surface area contributed by atoms with E-state index in [1.54, 1.807) is 6.92 Å². The van der Waals surface area contributed by atoms with Crippen LogP contribution in [0.3, 0.4) is 0 Å². The van der Waals surface area contributed by atoms with Gasteiger partial charge in [0.2, 0.25) is 0 Å². The van der Waals surface area contributed by atoms with Gasteiger partial charge in [-0.05, 0) is 66.3 Å². The molecule has 0 aliphatic heterocycles. The van der Waals surface area contributed by atoms with E-state index >= 15 is 0 Å². The van der Waals surface area contributed by atoms with E-state index in [-0.39, 0.29) is 27.8 Å². The van der Waals surface area contributed by atoms with Crippen LogP contribution in [0.4, 0.5) is 0 Å². The fraction of sp³-hybridized carbons (Fsp3) is 0.947. The molecule has 0 saturated heterocycles. The highest BCUT2D eigenvalue weighted by Gasteiger charge is 2.36. The number of carbonyl (C=O) groups is 1. The lowest BCUT2D eigenvalue weighted by Gasteiger charge is -2.39.